The minimum absolute atomic E-state index is 0.0199. The number of nitrogens with zero attached hydrogens (tertiary/aromatic N) is 1. The standard InChI is InChI=1S/C11H16N2O2/c12-10(9-2-1-5-13-8-9)3-4-11-14-6-7-15-11/h1-2,5,8,10-11H,3-4,6-7,12H2. The molecule has 1 aliphatic rings. The highest BCUT2D eigenvalue weighted by molar-refractivity contribution is 5.12. The van der Waals surface area contributed by atoms with Crippen LogP contribution in [0.25, 0.3) is 0 Å². The van der Waals surface area contributed by atoms with Gasteiger partial charge >= 0.3 is 0 Å². The van der Waals surface area contributed by atoms with Crippen molar-refractivity contribution in [1.29, 1.82) is 0 Å². The highest BCUT2D eigenvalue weighted by Crippen LogP contribution is 2.18. The lowest BCUT2D eigenvalue weighted by atomic mass is 10.1. The fraction of sp³-hybridized carbons (Fsp3) is 0.545. The van der Waals surface area contributed by atoms with E-state index >= 15 is 0 Å². The fourth-order valence-corrected chi connectivity index (χ4v) is 1.65. The predicted octanol–water partition coefficient (Wildman–Crippen LogP) is 1.23. The van der Waals surface area contributed by atoms with Crippen LogP contribution in [0.2, 0.25) is 0 Å². The molecular formula is C11H16N2O2. The molecule has 1 aromatic rings. The molecule has 0 radical (unpaired) electrons. The van der Waals surface area contributed by atoms with Crippen molar-refractivity contribution >= 4 is 0 Å². The Bertz CT molecular complexity index is 286. The Kier molecular flexibility index (Phi) is 3.66. The molecule has 1 fully saturated rings. The summed E-state index contributed by atoms with van der Waals surface area (Å²) in [6.45, 7) is 1.40. The van der Waals surface area contributed by atoms with E-state index in [0.717, 1.165) is 18.4 Å². The first-order valence-electron chi connectivity index (χ1n) is 5.25. The lowest BCUT2D eigenvalue weighted by molar-refractivity contribution is -0.0486. The first-order chi connectivity index (χ1) is 7.36. The van der Waals surface area contributed by atoms with E-state index < -0.39 is 0 Å². The van der Waals surface area contributed by atoms with Crippen molar-refractivity contribution in [3.8, 4) is 0 Å². The molecule has 15 heavy (non-hydrogen) atoms. The predicted molar refractivity (Wildman–Crippen MR) is 56.1 cm³/mol. The molecule has 4 heteroatoms. The maximum atomic E-state index is 6.02. The second kappa shape index (κ2) is 5.21. The van der Waals surface area contributed by atoms with Crippen LogP contribution in [0.1, 0.15) is 24.4 Å². The van der Waals surface area contributed by atoms with E-state index in [2.05, 4.69) is 4.98 Å². The van der Waals surface area contributed by atoms with Crippen LogP contribution in [-0.4, -0.2) is 24.5 Å². The van der Waals surface area contributed by atoms with Crippen molar-refractivity contribution in [2.24, 2.45) is 5.73 Å². The van der Waals surface area contributed by atoms with Gasteiger partial charge in [0.05, 0.1) is 13.2 Å². The zero-order valence-corrected chi connectivity index (χ0v) is 8.63. The number of rotatable bonds is 4. The molecule has 0 aromatic carbocycles. The summed E-state index contributed by atoms with van der Waals surface area (Å²) in [6.07, 6.45) is 5.19. The SMILES string of the molecule is NC(CCC1OCCO1)c1cccnc1. The second-order valence-corrected chi connectivity index (χ2v) is 3.64. The molecule has 0 spiro atoms. The fourth-order valence-electron chi connectivity index (χ4n) is 1.65. The molecule has 0 aliphatic carbocycles. The van der Waals surface area contributed by atoms with E-state index in [0.29, 0.717) is 13.2 Å². The first kappa shape index (κ1) is 10.5. The van der Waals surface area contributed by atoms with Gasteiger partial charge in [-0.05, 0) is 18.1 Å². The quantitative estimate of drug-likeness (QED) is 0.808. The Balaban J connectivity index is 1.79. The maximum absolute atomic E-state index is 6.02. The Morgan fingerprint density at radius 2 is 2.27 bits per heavy atom. The summed E-state index contributed by atoms with van der Waals surface area (Å²) in [5, 5.41) is 0. The summed E-state index contributed by atoms with van der Waals surface area (Å²) in [5.41, 5.74) is 7.09. The van der Waals surface area contributed by atoms with Crippen LogP contribution in [0.15, 0.2) is 24.5 Å². The zero-order valence-electron chi connectivity index (χ0n) is 8.63. The van der Waals surface area contributed by atoms with E-state index in [9.17, 15) is 0 Å². The van der Waals surface area contributed by atoms with Crippen molar-refractivity contribution in [3.05, 3.63) is 30.1 Å². The molecule has 1 unspecified atom stereocenters. The van der Waals surface area contributed by atoms with Gasteiger partial charge < -0.3 is 15.2 Å². The molecule has 0 amide bonds. The van der Waals surface area contributed by atoms with Crippen LogP contribution in [-0.2, 0) is 9.47 Å². The highest BCUT2D eigenvalue weighted by Gasteiger charge is 2.17. The monoisotopic (exact) mass is 208 g/mol. The Labute approximate surface area is 89.4 Å². The van der Waals surface area contributed by atoms with Gasteiger partial charge in [-0.15, -0.1) is 0 Å². The van der Waals surface area contributed by atoms with E-state index in [-0.39, 0.29) is 12.3 Å². The molecule has 2 N–H and O–H groups in total. The molecule has 1 atom stereocenters. The third-order valence-corrected chi connectivity index (χ3v) is 2.52. The maximum Gasteiger partial charge on any atom is 0.157 e. The number of pyridine rings is 1. The van der Waals surface area contributed by atoms with Gasteiger partial charge in [0, 0.05) is 24.9 Å². The van der Waals surface area contributed by atoms with Gasteiger partial charge in [-0.1, -0.05) is 6.07 Å². The minimum Gasteiger partial charge on any atom is -0.350 e. The second-order valence-electron chi connectivity index (χ2n) is 3.64. The van der Waals surface area contributed by atoms with Gasteiger partial charge in [0.2, 0.25) is 0 Å². The zero-order chi connectivity index (χ0) is 10.5. The topological polar surface area (TPSA) is 57.4 Å². The van der Waals surface area contributed by atoms with Crippen LogP contribution in [0.3, 0.4) is 0 Å². The van der Waals surface area contributed by atoms with Crippen LogP contribution in [0, 0.1) is 0 Å². The molecule has 1 aliphatic heterocycles. The normalized spacial score (nSPS) is 19.3. The third kappa shape index (κ3) is 2.99. The lowest BCUT2D eigenvalue weighted by Crippen LogP contribution is -2.15. The van der Waals surface area contributed by atoms with Crippen LogP contribution >= 0.6 is 0 Å². The van der Waals surface area contributed by atoms with Crippen molar-refractivity contribution < 1.29 is 9.47 Å². The van der Waals surface area contributed by atoms with Crippen LogP contribution < -0.4 is 5.73 Å². The Morgan fingerprint density at radius 3 is 2.93 bits per heavy atom. The summed E-state index contributed by atoms with van der Waals surface area (Å²) < 4.78 is 10.7. The third-order valence-electron chi connectivity index (χ3n) is 2.52. The van der Waals surface area contributed by atoms with Gasteiger partial charge in [-0.2, -0.15) is 0 Å². The van der Waals surface area contributed by atoms with Crippen molar-refractivity contribution in [2.45, 2.75) is 25.2 Å². The summed E-state index contributed by atoms with van der Waals surface area (Å²) in [4.78, 5) is 4.04. The minimum atomic E-state index is -0.0623. The van der Waals surface area contributed by atoms with Gasteiger partial charge in [0.15, 0.2) is 6.29 Å². The van der Waals surface area contributed by atoms with E-state index in [1.807, 2.05) is 12.1 Å². The van der Waals surface area contributed by atoms with Gasteiger partial charge in [0.1, 0.15) is 0 Å². The van der Waals surface area contributed by atoms with E-state index in [4.69, 9.17) is 15.2 Å². The number of ether oxygens (including phenoxy) is 2. The smallest absolute Gasteiger partial charge is 0.157 e. The Hall–Kier alpha value is -0.970. The molecule has 0 saturated carbocycles. The average molecular weight is 208 g/mol. The van der Waals surface area contributed by atoms with E-state index in [1.54, 1.807) is 12.4 Å². The summed E-state index contributed by atoms with van der Waals surface area (Å²) in [7, 11) is 0. The van der Waals surface area contributed by atoms with Crippen LogP contribution in [0.5, 0.6) is 0 Å². The molecule has 1 aromatic heterocycles. The number of aromatic nitrogens is 1. The molecule has 0 bridgehead atoms. The summed E-state index contributed by atoms with van der Waals surface area (Å²) >= 11 is 0. The van der Waals surface area contributed by atoms with E-state index in [1.165, 1.54) is 0 Å². The molecule has 2 heterocycles. The lowest BCUT2D eigenvalue weighted by Gasteiger charge is -2.14. The molecule has 82 valence electrons. The van der Waals surface area contributed by atoms with Crippen molar-refractivity contribution in [2.75, 3.05) is 13.2 Å². The first-order valence-corrected chi connectivity index (χ1v) is 5.25. The molecular weight excluding hydrogens is 192 g/mol. The number of hydrogen-bond donors (Lipinski definition) is 1. The molecule has 4 nitrogen and oxygen atoms in total. The summed E-state index contributed by atoms with van der Waals surface area (Å²) in [6, 6.07) is 3.91. The van der Waals surface area contributed by atoms with Crippen molar-refractivity contribution in [3.63, 3.8) is 0 Å². The highest BCUT2D eigenvalue weighted by atomic mass is 16.7. The molecule has 1 saturated heterocycles. The molecule has 2 rings (SSSR count). The average Bonchev–Trinajstić information content (AvgIpc) is 2.80. The van der Waals surface area contributed by atoms with Gasteiger partial charge in [0.25, 0.3) is 0 Å². The largest absolute Gasteiger partial charge is 0.350 e. The Morgan fingerprint density at radius 1 is 1.47 bits per heavy atom. The van der Waals surface area contributed by atoms with Gasteiger partial charge in [-0.25, -0.2) is 0 Å². The van der Waals surface area contributed by atoms with Crippen molar-refractivity contribution in [1.82, 2.24) is 4.98 Å². The summed E-state index contributed by atoms with van der Waals surface area (Å²) in [5.74, 6) is 0. The van der Waals surface area contributed by atoms with Gasteiger partial charge in [-0.3, -0.25) is 4.98 Å². The number of hydrogen-bond acceptors (Lipinski definition) is 4. The number of nitrogens with two attached hydrogens (primary N) is 1. The van der Waals surface area contributed by atoms with Crippen LogP contribution in [0.4, 0.5) is 0 Å².